The van der Waals surface area contributed by atoms with Crippen LogP contribution in [0.1, 0.15) is 32.1 Å². The van der Waals surface area contributed by atoms with Gasteiger partial charge < -0.3 is 10.2 Å². The number of hydrogen-bond donors (Lipinski definition) is 1. The molecule has 0 radical (unpaired) electrons. The molecule has 0 amide bonds. The zero-order valence-electron chi connectivity index (χ0n) is 10.9. The number of nitrogens with zero attached hydrogens (tertiary/aromatic N) is 2. The Hall–Kier alpha value is -0.120. The maximum absolute atomic E-state index is 3.53. The van der Waals surface area contributed by atoms with Crippen LogP contribution in [0.15, 0.2) is 0 Å². The van der Waals surface area contributed by atoms with Crippen molar-refractivity contribution in [1.82, 2.24) is 15.1 Å². The van der Waals surface area contributed by atoms with Gasteiger partial charge in [-0.15, -0.1) is 0 Å². The molecule has 1 aliphatic carbocycles. The lowest BCUT2D eigenvalue weighted by Gasteiger charge is -2.39. The summed E-state index contributed by atoms with van der Waals surface area (Å²) in [5.74, 6) is 0. The number of likely N-dealkylation sites (N-methyl/N-ethyl adjacent to an activating group) is 2. The fraction of sp³-hybridized carbons (Fsp3) is 1.00. The van der Waals surface area contributed by atoms with Crippen LogP contribution >= 0.6 is 0 Å². The fourth-order valence-corrected chi connectivity index (χ4v) is 3.28. The van der Waals surface area contributed by atoms with Gasteiger partial charge in [-0.3, -0.25) is 4.90 Å². The first-order valence-corrected chi connectivity index (χ1v) is 6.91. The summed E-state index contributed by atoms with van der Waals surface area (Å²) >= 11 is 0. The number of nitrogens with one attached hydrogen (secondary N) is 1. The van der Waals surface area contributed by atoms with E-state index in [0.717, 1.165) is 12.1 Å². The molecule has 1 aliphatic heterocycles. The van der Waals surface area contributed by atoms with Gasteiger partial charge in [0.2, 0.25) is 0 Å². The Morgan fingerprint density at radius 1 is 0.938 bits per heavy atom. The van der Waals surface area contributed by atoms with Gasteiger partial charge in [0.1, 0.15) is 0 Å². The Labute approximate surface area is 100 Å². The summed E-state index contributed by atoms with van der Waals surface area (Å²) in [6.45, 7) is 5.08. The van der Waals surface area contributed by atoms with Crippen LogP contribution in [0.5, 0.6) is 0 Å². The van der Waals surface area contributed by atoms with Crippen LogP contribution in [0.4, 0.5) is 0 Å². The van der Waals surface area contributed by atoms with Crippen LogP contribution < -0.4 is 5.32 Å². The molecule has 16 heavy (non-hydrogen) atoms. The molecule has 94 valence electrons. The maximum atomic E-state index is 3.53. The van der Waals surface area contributed by atoms with Crippen molar-refractivity contribution >= 4 is 0 Å². The first-order chi connectivity index (χ1) is 7.81. The molecule has 1 saturated heterocycles. The van der Waals surface area contributed by atoms with Gasteiger partial charge in [0.25, 0.3) is 0 Å². The van der Waals surface area contributed by atoms with Gasteiger partial charge in [0.05, 0.1) is 0 Å². The van der Waals surface area contributed by atoms with E-state index < -0.39 is 0 Å². The third-order valence-corrected chi connectivity index (χ3v) is 4.32. The average molecular weight is 225 g/mol. The van der Waals surface area contributed by atoms with E-state index in [1.165, 1.54) is 58.3 Å². The molecule has 0 aromatic rings. The molecule has 3 heteroatoms. The molecule has 1 heterocycles. The van der Waals surface area contributed by atoms with E-state index in [9.17, 15) is 0 Å². The predicted molar refractivity (Wildman–Crippen MR) is 68.8 cm³/mol. The summed E-state index contributed by atoms with van der Waals surface area (Å²) < 4.78 is 0. The number of hydrogen-bond acceptors (Lipinski definition) is 3. The maximum Gasteiger partial charge on any atom is 0.0249 e. The Morgan fingerprint density at radius 3 is 2.56 bits per heavy atom. The second kappa shape index (κ2) is 5.99. The van der Waals surface area contributed by atoms with Crippen molar-refractivity contribution in [3.8, 4) is 0 Å². The summed E-state index contributed by atoms with van der Waals surface area (Å²) in [5.41, 5.74) is 0. The van der Waals surface area contributed by atoms with E-state index >= 15 is 0 Å². The molecule has 1 N–H and O–H groups in total. The normalized spacial score (nSPS) is 34.9. The zero-order chi connectivity index (χ0) is 11.4. The smallest absolute Gasteiger partial charge is 0.0249 e. The summed E-state index contributed by atoms with van der Waals surface area (Å²) in [4.78, 5) is 5.21. The van der Waals surface area contributed by atoms with Gasteiger partial charge in [-0.25, -0.2) is 0 Å². The molecular formula is C13H27N3. The SMILES string of the molecule is CNC1CCCCC1N1CCCN(C)CC1. The molecule has 0 spiro atoms. The minimum absolute atomic E-state index is 0.733. The average Bonchev–Trinajstić information content (AvgIpc) is 2.54. The van der Waals surface area contributed by atoms with Crippen molar-refractivity contribution in [3.63, 3.8) is 0 Å². The number of rotatable bonds is 2. The molecule has 2 fully saturated rings. The Kier molecular flexibility index (Phi) is 4.62. The van der Waals surface area contributed by atoms with Gasteiger partial charge in [-0.05, 0) is 46.4 Å². The molecule has 0 bridgehead atoms. The standard InChI is InChI=1S/C13H27N3/c1-14-12-6-3-4-7-13(12)16-9-5-8-15(2)10-11-16/h12-14H,3-11H2,1-2H3. The van der Waals surface area contributed by atoms with Crippen molar-refractivity contribution in [1.29, 1.82) is 0 Å². The van der Waals surface area contributed by atoms with Crippen LogP contribution in [0.2, 0.25) is 0 Å². The highest BCUT2D eigenvalue weighted by molar-refractivity contribution is 4.88. The van der Waals surface area contributed by atoms with Gasteiger partial charge in [0, 0.05) is 25.2 Å². The van der Waals surface area contributed by atoms with E-state index in [1.54, 1.807) is 0 Å². The van der Waals surface area contributed by atoms with Crippen LogP contribution in [0, 0.1) is 0 Å². The summed E-state index contributed by atoms with van der Waals surface area (Å²) in [7, 11) is 4.38. The van der Waals surface area contributed by atoms with Gasteiger partial charge in [-0.2, -0.15) is 0 Å². The Morgan fingerprint density at radius 2 is 1.75 bits per heavy atom. The topological polar surface area (TPSA) is 18.5 Å². The molecular weight excluding hydrogens is 198 g/mol. The van der Waals surface area contributed by atoms with Crippen molar-refractivity contribution in [2.45, 2.75) is 44.2 Å². The predicted octanol–water partition coefficient (Wildman–Crippen LogP) is 1.15. The van der Waals surface area contributed by atoms with Crippen LogP contribution in [-0.2, 0) is 0 Å². The van der Waals surface area contributed by atoms with E-state index in [2.05, 4.69) is 29.2 Å². The van der Waals surface area contributed by atoms with E-state index in [4.69, 9.17) is 0 Å². The minimum atomic E-state index is 0.733. The van der Waals surface area contributed by atoms with Crippen molar-refractivity contribution in [2.24, 2.45) is 0 Å². The third-order valence-electron chi connectivity index (χ3n) is 4.32. The zero-order valence-corrected chi connectivity index (χ0v) is 10.9. The largest absolute Gasteiger partial charge is 0.315 e. The highest BCUT2D eigenvalue weighted by Gasteiger charge is 2.29. The Bertz CT molecular complexity index is 207. The Balaban J connectivity index is 1.93. The van der Waals surface area contributed by atoms with Gasteiger partial charge >= 0.3 is 0 Å². The molecule has 0 aromatic heterocycles. The summed E-state index contributed by atoms with van der Waals surface area (Å²) in [6.07, 6.45) is 6.94. The molecule has 2 rings (SSSR count). The second-order valence-corrected chi connectivity index (χ2v) is 5.44. The highest BCUT2D eigenvalue weighted by Crippen LogP contribution is 2.23. The fourth-order valence-electron chi connectivity index (χ4n) is 3.28. The lowest BCUT2D eigenvalue weighted by molar-refractivity contribution is 0.129. The third kappa shape index (κ3) is 2.96. The molecule has 0 aromatic carbocycles. The highest BCUT2D eigenvalue weighted by atomic mass is 15.2. The van der Waals surface area contributed by atoms with E-state index in [1.807, 2.05) is 0 Å². The molecule has 1 saturated carbocycles. The first kappa shape index (κ1) is 12.3. The van der Waals surface area contributed by atoms with Crippen LogP contribution in [0.3, 0.4) is 0 Å². The van der Waals surface area contributed by atoms with Crippen molar-refractivity contribution in [3.05, 3.63) is 0 Å². The van der Waals surface area contributed by atoms with Crippen LogP contribution in [-0.4, -0.2) is 62.2 Å². The van der Waals surface area contributed by atoms with Gasteiger partial charge in [-0.1, -0.05) is 12.8 Å². The second-order valence-electron chi connectivity index (χ2n) is 5.44. The lowest BCUT2D eigenvalue weighted by atomic mass is 9.89. The molecule has 2 aliphatic rings. The molecule has 3 nitrogen and oxygen atoms in total. The lowest BCUT2D eigenvalue weighted by Crippen LogP contribution is -2.51. The summed E-state index contributed by atoms with van der Waals surface area (Å²) in [6, 6.07) is 1.53. The molecule has 2 atom stereocenters. The van der Waals surface area contributed by atoms with Gasteiger partial charge in [0.15, 0.2) is 0 Å². The first-order valence-electron chi connectivity index (χ1n) is 6.91. The van der Waals surface area contributed by atoms with Crippen molar-refractivity contribution < 1.29 is 0 Å². The molecule has 2 unspecified atom stereocenters. The summed E-state index contributed by atoms with van der Waals surface area (Å²) in [5, 5.41) is 3.53. The van der Waals surface area contributed by atoms with E-state index in [-0.39, 0.29) is 0 Å². The quantitative estimate of drug-likeness (QED) is 0.761. The minimum Gasteiger partial charge on any atom is -0.315 e. The monoisotopic (exact) mass is 225 g/mol. The van der Waals surface area contributed by atoms with Crippen molar-refractivity contribution in [2.75, 3.05) is 40.3 Å². The van der Waals surface area contributed by atoms with Crippen LogP contribution in [0.25, 0.3) is 0 Å². The van der Waals surface area contributed by atoms with E-state index in [0.29, 0.717) is 0 Å².